The second kappa shape index (κ2) is 12.2. The number of ether oxygens (including phenoxy) is 1. The molecule has 1 fully saturated rings. The highest BCUT2D eigenvalue weighted by atomic mass is 127. The Labute approximate surface area is 190 Å². The minimum absolute atomic E-state index is 0. The third-order valence-electron chi connectivity index (χ3n) is 4.56. The van der Waals surface area contributed by atoms with Crippen molar-refractivity contribution < 1.29 is 22.3 Å². The largest absolute Gasteiger partial charge is 0.416 e. The van der Waals surface area contributed by atoms with E-state index >= 15 is 0 Å². The fourth-order valence-corrected chi connectivity index (χ4v) is 4.36. The normalized spacial score (nSPS) is 16.8. The zero-order chi connectivity index (χ0) is 20.6. The van der Waals surface area contributed by atoms with E-state index in [1.807, 2.05) is 18.7 Å². The van der Waals surface area contributed by atoms with Gasteiger partial charge in [0.25, 0.3) is 0 Å². The van der Waals surface area contributed by atoms with E-state index in [-0.39, 0.29) is 40.8 Å². The quantitative estimate of drug-likeness (QED) is 0.222. The predicted octanol–water partition coefficient (Wildman–Crippen LogP) is 4.82. The molecule has 1 saturated heterocycles. The number of nitrogens with one attached hydrogen (secondary N) is 2. The maximum absolute atomic E-state index is 13.3. The SMILES string of the molecule is CCNC(=NCc1ccc(F)cc1C(F)(F)F)NCC1(SCC)CCOCC1.I. The summed E-state index contributed by atoms with van der Waals surface area (Å²) in [6, 6.07) is 2.67. The molecule has 1 heterocycles. The molecule has 0 saturated carbocycles. The molecule has 1 aromatic rings. The number of guanidine groups is 1. The number of alkyl halides is 3. The van der Waals surface area contributed by atoms with Crippen molar-refractivity contribution in [2.75, 3.05) is 32.1 Å². The van der Waals surface area contributed by atoms with E-state index in [9.17, 15) is 17.6 Å². The van der Waals surface area contributed by atoms with E-state index < -0.39 is 17.6 Å². The van der Waals surface area contributed by atoms with Crippen LogP contribution >= 0.6 is 35.7 Å². The van der Waals surface area contributed by atoms with E-state index in [2.05, 4.69) is 22.5 Å². The Morgan fingerprint density at radius 3 is 2.48 bits per heavy atom. The fraction of sp³-hybridized carbons (Fsp3) is 0.632. The average molecular weight is 549 g/mol. The van der Waals surface area contributed by atoms with Crippen molar-refractivity contribution in [3.8, 4) is 0 Å². The van der Waals surface area contributed by atoms with Crippen LogP contribution in [0.5, 0.6) is 0 Å². The maximum Gasteiger partial charge on any atom is 0.416 e. The Morgan fingerprint density at radius 2 is 1.90 bits per heavy atom. The number of aliphatic imine (C=N–C) groups is 1. The Balaban J connectivity index is 0.00000420. The van der Waals surface area contributed by atoms with Gasteiger partial charge in [0.2, 0.25) is 0 Å². The molecule has 4 nitrogen and oxygen atoms in total. The Morgan fingerprint density at radius 1 is 1.21 bits per heavy atom. The van der Waals surface area contributed by atoms with Crippen molar-refractivity contribution >= 4 is 41.7 Å². The van der Waals surface area contributed by atoms with Crippen molar-refractivity contribution in [3.05, 3.63) is 35.1 Å². The van der Waals surface area contributed by atoms with Gasteiger partial charge in [-0.1, -0.05) is 13.0 Å². The van der Waals surface area contributed by atoms with Gasteiger partial charge in [-0.3, -0.25) is 0 Å². The van der Waals surface area contributed by atoms with Crippen LogP contribution in [0.2, 0.25) is 0 Å². The van der Waals surface area contributed by atoms with Gasteiger partial charge in [0.05, 0.1) is 12.1 Å². The van der Waals surface area contributed by atoms with Crippen molar-refractivity contribution in [1.82, 2.24) is 10.6 Å². The van der Waals surface area contributed by atoms with Crippen LogP contribution in [0.1, 0.15) is 37.8 Å². The number of thioether (sulfide) groups is 1. The summed E-state index contributed by atoms with van der Waals surface area (Å²) in [4.78, 5) is 4.29. The summed E-state index contributed by atoms with van der Waals surface area (Å²) in [5, 5.41) is 6.33. The number of rotatable bonds is 7. The van der Waals surface area contributed by atoms with Crippen LogP contribution in [0.3, 0.4) is 0 Å². The standard InChI is InChI=1S/C19H27F4N3OS.HI/c1-3-24-17(26-13-18(28-4-2)7-9-27-10-8-18)25-12-14-5-6-15(20)11-16(14)19(21,22)23;/h5-6,11H,3-4,7-10,12-13H2,1-2H3,(H2,24,25,26);1H. The van der Waals surface area contributed by atoms with Crippen LogP contribution in [0.4, 0.5) is 17.6 Å². The molecule has 0 amide bonds. The number of benzene rings is 1. The Kier molecular flexibility index (Phi) is 11.0. The zero-order valence-corrected chi connectivity index (χ0v) is 19.7. The molecule has 0 aliphatic carbocycles. The molecule has 1 aliphatic rings. The molecule has 0 aromatic heterocycles. The molecule has 0 spiro atoms. The smallest absolute Gasteiger partial charge is 0.381 e. The minimum atomic E-state index is -4.62. The molecule has 1 aromatic carbocycles. The summed E-state index contributed by atoms with van der Waals surface area (Å²) in [5.41, 5.74) is -1.05. The Bertz CT molecular complexity index is 662. The van der Waals surface area contributed by atoms with E-state index in [1.54, 1.807) is 0 Å². The molecule has 0 unspecified atom stereocenters. The van der Waals surface area contributed by atoms with E-state index in [0.717, 1.165) is 30.7 Å². The fourth-order valence-electron chi connectivity index (χ4n) is 3.12. The van der Waals surface area contributed by atoms with Crippen LogP contribution in [0.25, 0.3) is 0 Å². The van der Waals surface area contributed by atoms with Gasteiger partial charge in [-0.25, -0.2) is 9.38 Å². The maximum atomic E-state index is 13.3. The zero-order valence-electron chi connectivity index (χ0n) is 16.6. The van der Waals surface area contributed by atoms with Crippen LogP contribution < -0.4 is 10.6 Å². The van der Waals surface area contributed by atoms with Gasteiger partial charge < -0.3 is 15.4 Å². The van der Waals surface area contributed by atoms with Gasteiger partial charge in [-0.05, 0) is 43.2 Å². The molecule has 0 atom stereocenters. The first-order chi connectivity index (χ1) is 13.3. The minimum Gasteiger partial charge on any atom is -0.381 e. The third kappa shape index (κ3) is 8.12. The van der Waals surface area contributed by atoms with Gasteiger partial charge in [0, 0.05) is 31.1 Å². The van der Waals surface area contributed by atoms with Crippen molar-refractivity contribution in [3.63, 3.8) is 0 Å². The summed E-state index contributed by atoms with van der Waals surface area (Å²) in [7, 11) is 0. The second-order valence-electron chi connectivity index (χ2n) is 6.58. The van der Waals surface area contributed by atoms with Crippen molar-refractivity contribution in [1.29, 1.82) is 0 Å². The van der Waals surface area contributed by atoms with Crippen molar-refractivity contribution in [2.45, 2.75) is 44.2 Å². The van der Waals surface area contributed by atoms with Crippen LogP contribution in [-0.4, -0.2) is 42.8 Å². The molecular weight excluding hydrogens is 521 g/mol. The highest BCUT2D eigenvalue weighted by molar-refractivity contribution is 14.0. The second-order valence-corrected chi connectivity index (χ2v) is 8.31. The van der Waals surface area contributed by atoms with Gasteiger partial charge in [0.15, 0.2) is 5.96 Å². The lowest BCUT2D eigenvalue weighted by Gasteiger charge is -2.37. The molecule has 0 radical (unpaired) electrons. The first kappa shape index (κ1) is 26.3. The Hall–Kier alpha value is -0.750. The van der Waals surface area contributed by atoms with Crippen LogP contribution in [0, 0.1) is 5.82 Å². The van der Waals surface area contributed by atoms with Gasteiger partial charge in [0.1, 0.15) is 5.82 Å². The van der Waals surface area contributed by atoms with Crippen LogP contribution in [0.15, 0.2) is 23.2 Å². The van der Waals surface area contributed by atoms with E-state index in [4.69, 9.17) is 4.74 Å². The summed E-state index contributed by atoms with van der Waals surface area (Å²) in [5.74, 6) is 0.505. The summed E-state index contributed by atoms with van der Waals surface area (Å²) in [6.45, 7) is 6.44. The molecule has 166 valence electrons. The molecule has 29 heavy (non-hydrogen) atoms. The molecule has 10 heteroatoms. The molecule has 2 N–H and O–H groups in total. The van der Waals surface area contributed by atoms with Crippen molar-refractivity contribution in [2.24, 2.45) is 4.99 Å². The summed E-state index contributed by atoms with van der Waals surface area (Å²) >= 11 is 1.87. The highest BCUT2D eigenvalue weighted by Crippen LogP contribution is 2.35. The van der Waals surface area contributed by atoms with Gasteiger partial charge >= 0.3 is 6.18 Å². The monoisotopic (exact) mass is 549 g/mol. The summed E-state index contributed by atoms with van der Waals surface area (Å²) < 4.78 is 58.2. The van der Waals surface area contributed by atoms with Gasteiger partial charge in [-0.2, -0.15) is 24.9 Å². The average Bonchev–Trinajstić information content (AvgIpc) is 2.65. The molecule has 2 rings (SSSR count). The first-order valence-electron chi connectivity index (χ1n) is 9.39. The predicted molar refractivity (Wildman–Crippen MR) is 121 cm³/mol. The van der Waals surface area contributed by atoms with Gasteiger partial charge in [-0.15, -0.1) is 24.0 Å². The highest BCUT2D eigenvalue weighted by Gasteiger charge is 2.34. The lowest BCUT2D eigenvalue weighted by atomic mass is 9.99. The summed E-state index contributed by atoms with van der Waals surface area (Å²) in [6.07, 6.45) is -2.80. The lowest BCUT2D eigenvalue weighted by molar-refractivity contribution is -0.138. The molecular formula is C19H28F4IN3OS. The third-order valence-corrected chi connectivity index (χ3v) is 6.02. The van der Waals surface area contributed by atoms with Crippen LogP contribution in [-0.2, 0) is 17.5 Å². The van der Waals surface area contributed by atoms with E-state index in [1.165, 1.54) is 0 Å². The van der Waals surface area contributed by atoms with E-state index in [0.29, 0.717) is 38.3 Å². The number of halogens is 5. The number of hydrogen-bond acceptors (Lipinski definition) is 3. The lowest BCUT2D eigenvalue weighted by Crippen LogP contribution is -2.48. The number of nitrogens with zero attached hydrogens (tertiary/aromatic N) is 1. The topological polar surface area (TPSA) is 45.7 Å². The first-order valence-corrected chi connectivity index (χ1v) is 10.4. The number of hydrogen-bond donors (Lipinski definition) is 2. The molecule has 1 aliphatic heterocycles. The molecule has 0 bridgehead atoms.